The van der Waals surface area contributed by atoms with E-state index in [1.54, 1.807) is 6.08 Å². The minimum Gasteiger partial charge on any atom is -0.386 e. The molecule has 0 aliphatic heterocycles. The molecule has 0 saturated heterocycles. The van der Waals surface area contributed by atoms with E-state index in [4.69, 9.17) is 0 Å². The SMILES string of the molecule is C=C(C)[C@]1(O)CC[C@@]2(C1)C(C)=CC(=O)C[C@H]2C. The molecule has 2 aliphatic rings. The molecule has 1 spiro atoms. The van der Waals surface area contributed by atoms with Gasteiger partial charge in [-0.2, -0.15) is 0 Å². The van der Waals surface area contributed by atoms with Crippen molar-refractivity contribution in [3.63, 3.8) is 0 Å². The molecule has 0 aromatic rings. The van der Waals surface area contributed by atoms with E-state index in [-0.39, 0.29) is 11.2 Å². The van der Waals surface area contributed by atoms with Crippen molar-refractivity contribution < 1.29 is 9.90 Å². The van der Waals surface area contributed by atoms with Crippen molar-refractivity contribution in [3.05, 3.63) is 23.8 Å². The molecule has 0 heterocycles. The number of ketones is 1. The van der Waals surface area contributed by atoms with Crippen LogP contribution in [0.15, 0.2) is 23.8 Å². The second-order valence-corrected chi connectivity index (χ2v) is 6.04. The Morgan fingerprint density at radius 2 is 2.18 bits per heavy atom. The molecule has 94 valence electrons. The number of hydrogen-bond acceptors (Lipinski definition) is 2. The number of rotatable bonds is 1. The molecule has 0 aromatic heterocycles. The van der Waals surface area contributed by atoms with Gasteiger partial charge in [0.05, 0.1) is 5.60 Å². The van der Waals surface area contributed by atoms with E-state index >= 15 is 0 Å². The molecule has 1 saturated carbocycles. The summed E-state index contributed by atoms with van der Waals surface area (Å²) < 4.78 is 0. The summed E-state index contributed by atoms with van der Waals surface area (Å²) in [5.74, 6) is 0.555. The summed E-state index contributed by atoms with van der Waals surface area (Å²) >= 11 is 0. The third kappa shape index (κ3) is 1.79. The van der Waals surface area contributed by atoms with Crippen LogP contribution in [0, 0.1) is 11.3 Å². The van der Waals surface area contributed by atoms with Crippen LogP contribution in [0.3, 0.4) is 0 Å². The molecule has 2 rings (SSSR count). The molecule has 0 aromatic carbocycles. The molecular formula is C15H22O2. The first-order valence-corrected chi connectivity index (χ1v) is 6.40. The van der Waals surface area contributed by atoms with E-state index in [2.05, 4.69) is 13.5 Å². The maximum absolute atomic E-state index is 11.6. The summed E-state index contributed by atoms with van der Waals surface area (Å²) in [5, 5.41) is 10.6. The van der Waals surface area contributed by atoms with Crippen LogP contribution < -0.4 is 0 Å². The Morgan fingerprint density at radius 1 is 1.53 bits per heavy atom. The molecule has 0 radical (unpaired) electrons. The predicted octanol–water partition coefficient (Wildman–Crippen LogP) is 3.02. The maximum atomic E-state index is 11.6. The van der Waals surface area contributed by atoms with Gasteiger partial charge in [-0.25, -0.2) is 0 Å². The van der Waals surface area contributed by atoms with Crippen molar-refractivity contribution in [2.24, 2.45) is 11.3 Å². The fourth-order valence-corrected chi connectivity index (χ4v) is 3.58. The van der Waals surface area contributed by atoms with Crippen molar-refractivity contribution in [3.8, 4) is 0 Å². The summed E-state index contributed by atoms with van der Waals surface area (Å²) in [6.45, 7) is 9.99. The van der Waals surface area contributed by atoms with Gasteiger partial charge in [0.1, 0.15) is 0 Å². The van der Waals surface area contributed by atoms with Crippen molar-refractivity contribution in [1.82, 2.24) is 0 Å². The molecule has 1 N–H and O–H groups in total. The molecule has 17 heavy (non-hydrogen) atoms. The van der Waals surface area contributed by atoms with Gasteiger partial charge in [-0.15, -0.1) is 0 Å². The van der Waals surface area contributed by atoms with Crippen molar-refractivity contribution >= 4 is 5.78 Å². The molecule has 0 amide bonds. The normalized spacial score (nSPS) is 41.8. The first-order valence-electron chi connectivity index (χ1n) is 6.40. The summed E-state index contributed by atoms with van der Waals surface area (Å²) in [5.41, 5.74) is 1.29. The first-order chi connectivity index (χ1) is 7.80. The van der Waals surface area contributed by atoms with E-state index in [0.717, 1.165) is 30.4 Å². The number of carbonyl (C=O) groups is 1. The van der Waals surface area contributed by atoms with Crippen LogP contribution in [-0.4, -0.2) is 16.5 Å². The molecule has 0 unspecified atom stereocenters. The molecular weight excluding hydrogens is 212 g/mol. The number of allylic oxidation sites excluding steroid dienone is 2. The van der Waals surface area contributed by atoms with Crippen molar-refractivity contribution in [2.45, 2.75) is 52.1 Å². The van der Waals surface area contributed by atoms with Gasteiger partial charge in [0.25, 0.3) is 0 Å². The third-order valence-electron chi connectivity index (χ3n) is 5.00. The average Bonchev–Trinajstić information content (AvgIpc) is 2.57. The topological polar surface area (TPSA) is 37.3 Å². The lowest BCUT2D eigenvalue weighted by atomic mass is 9.64. The summed E-state index contributed by atoms with van der Waals surface area (Å²) in [4.78, 5) is 11.6. The number of hydrogen-bond donors (Lipinski definition) is 1. The van der Waals surface area contributed by atoms with Crippen LogP contribution in [0.1, 0.15) is 46.5 Å². The van der Waals surface area contributed by atoms with Gasteiger partial charge < -0.3 is 5.11 Å². The van der Waals surface area contributed by atoms with Crippen LogP contribution in [0.5, 0.6) is 0 Å². The van der Waals surface area contributed by atoms with Gasteiger partial charge in [0, 0.05) is 6.42 Å². The smallest absolute Gasteiger partial charge is 0.155 e. The summed E-state index contributed by atoms with van der Waals surface area (Å²) in [7, 11) is 0. The predicted molar refractivity (Wildman–Crippen MR) is 68.6 cm³/mol. The fourth-order valence-electron chi connectivity index (χ4n) is 3.58. The highest BCUT2D eigenvalue weighted by molar-refractivity contribution is 5.91. The Labute approximate surface area is 103 Å². The highest BCUT2D eigenvalue weighted by Crippen LogP contribution is 2.57. The van der Waals surface area contributed by atoms with E-state index in [0.29, 0.717) is 12.3 Å². The highest BCUT2D eigenvalue weighted by Gasteiger charge is 2.52. The molecule has 0 bridgehead atoms. The van der Waals surface area contributed by atoms with Gasteiger partial charge in [-0.3, -0.25) is 4.79 Å². The van der Waals surface area contributed by atoms with Crippen LogP contribution in [0.4, 0.5) is 0 Å². The molecule has 3 atom stereocenters. The van der Waals surface area contributed by atoms with Gasteiger partial charge in [0.2, 0.25) is 0 Å². The Balaban J connectivity index is 2.36. The number of carbonyl (C=O) groups excluding carboxylic acids is 1. The van der Waals surface area contributed by atoms with E-state index in [1.807, 2.05) is 13.8 Å². The Morgan fingerprint density at radius 3 is 2.65 bits per heavy atom. The van der Waals surface area contributed by atoms with Gasteiger partial charge in [0.15, 0.2) is 5.78 Å². The Bertz CT molecular complexity index is 407. The van der Waals surface area contributed by atoms with Crippen LogP contribution in [-0.2, 0) is 4.79 Å². The zero-order valence-electron chi connectivity index (χ0n) is 11.0. The lowest BCUT2D eigenvalue weighted by Crippen LogP contribution is -2.36. The Kier molecular flexibility index (Phi) is 2.81. The van der Waals surface area contributed by atoms with Gasteiger partial charge >= 0.3 is 0 Å². The van der Waals surface area contributed by atoms with Crippen LogP contribution in [0.2, 0.25) is 0 Å². The Hall–Kier alpha value is -0.890. The largest absolute Gasteiger partial charge is 0.386 e. The monoisotopic (exact) mass is 234 g/mol. The van der Waals surface area contributed by atoms with E-state index < -0.39 is 5.60 Å². The maximum Gasteiger partial charge on any atom is 0.155 e. The van der Waals surface area contributed by atoms with Gasteiger partial charge in [-0.1, -0.05) is 19.1 Å². The molecule has 2 nitrogen and oxygen atoms in total. The van der Waals surface area contributed by atoms with Gasteiger partial charge in [-0.05, 0) is 56.1 Å². The zero-order chi connectivity index (χ0) is 12.8. The summed E-state index contributed by atoms with van der Waals surface area (Å²) in [6, 6.07) is 0. The van der Waals surface area contributed by atoms with Crippen molar-refractivity contribution in [2.75, 3.05) is 0 Å². The molecule has 2 aliphatic carbocycles. The second-order valence-electron chi connectivity index (χ2n) is 6.04. The highest BCUT2D eigenvalue weighted by atomic mass is 16.3. The minimum absolute atomic E-state index is 0.0155. The van der Waals surface area contributed by atoms with Crippen LogP contribution >= 0.6 is 0 Å². The fraction of sp³-hybridized carbons (Fsp3) is 0.667. The number of aliphatic hydroxyl groups is 1. The standard InChI is InChI=1S/C15H22O2/c1-10(2)15(17)6-5-14(9-15)11(3)7-13(16)8-12(14)4/h7,12,17H,1,5-6,8-9H2,2-4H3/t12-,14-,15+/m1/s1. The minimum atomic E-state index is -0.732. The average molecular weight is 234 g/mol. The second kappa shape index (κ2) is 3.81. The van der Waals surface area contributed by atoms with Crippen molar-refractivity contribution in [1.29, 1.82) is 0 Å². The van der Waals surface area contributed by atoms with E-state index in [1.165, 1.54) is 0 Å². The lowest BCUT2D eigenvalue weighted by molar-refractivity contribution is -0.117. The van der Waals surface area contributed by atoms with E-state index in [9.17, 15) is 9.90 Å². The summed E-state index contributed by atoms with van der Waals surface area (Å²) in [6.07, 6.45) is 4.86. The quantitative estimate of drug-likeness (QED) is 0.708. The first kappa shape index (κ1) is 12.6. The molecule has 1 fully saturated rings. The van der Waals surface area contributed by atoms with Crippen LogP contribution in [0.25, 0.3) is 0 Å². The molecule has 2 heteroatoms. The lowest BCUT2D eigenvalue weighted by Gasteiger charge is -2.40. The third-order valence-corrected chi connectivity index (χ3v) is 5.00. The zero-order valence-corrected chi connectivity index (χ0v) is 11.0.